The van der Waals surface area contributed by atoms with Gasteiger partial charge >= 0.3 is 39.5 Å². The Kier molecular flexibility index (Phi) is 66.8. The Hall–Kier alpha value is -1.94. The average molecular weight is 1440 g/mol. The lowest BCUT2D eigenvalue weighted by Gasteiger charge is -2.21. The summed E-state index contributed by atoms with van der Waals surface area (Å²) in [4.78, 5) is 72.9. The maximum Gasteiger partial charge on any atom is 0.472 e. The highest BCUT2D eigenvalue weighted by Gasteiger charge is 2.30. The summed E-state index contributed by atoms with van der Waals surface area (Å²) in [6.07, 6.45) is 54.3. The van der Waals surface area contributed by atoms with E-state index in [0.29, 0.717) is 31.6 Å². The minimum absolute atomic E-state index is 0.104. The number of hydrogen-bond acceptors (Lipinski definition) is 15. The van der Waals surface area contributed by atoms with Gasteiger partial charge < -0.3 is 33.8 Å². The Bertz CT molecular complexity index is 1920. The summed E-state index contributed by atoms with van der Waals surface area (Å²) in [5, 5.41) is 10.6. The molecule has 0 rings (SSSR count). The van der Waals surface area contributed by atoms with Crippen LogP contribution in [0, 0.1) is 23.7 Å². The summed E-state index contributed by atoms with van der Waals surface area (Å²) in [5.74, 6) is 0.944. The smallest absolute Gasteiger partial charge is 0.462 e. The molecule has 0 aromatic heterocycles. The molecule has 0 radical (unpaired) electrons. The van der Waals surface area contributed by atoms with Crippen LogP contribution in [0.15, 0.2) is 0 Å². The van der Waals surface area contributed by atoms with Crippen LogP contribution in [0.3, 0.4) is 0 Å². The highest BCUT2D eigenvalue weighted by Crippen LogP contribution is 2.45. The molecule has 0 spiro atoms. The molecule has 0 aliphatic rings. The zero-order valence-corrected chi connectivity index (χ0v) is 66.2. The summed E-state index contributed by atoms with van der Waals surface area (Å²) in [5.41, 5.74) is 0. The highest BCUT2D eigenvalue weighted by atomic mass is 31.2. The van der Waals surface area contributed by atoms with Crippen LogP contribution in [0.2, 0.25) is 0 Å². The zero-order valence-electron chi connectivity index (χ0n) is 64.4. The number of rotatable bonds is 76. The lowest BCUT2D eigenvalue weighted by Crippen LogP contribution is -2.30. The maximum atomic E-state index is 13.1. The van der Waals surface area contributed by atoms with E-state index in [-0.39, 0.29) is 25.7 Å². The van der Waals surface area contributed by atoms with E-state index >= 15 is 0 Å². The number of ether oxygens (including phenoxy) is 4. The predicted molar refractivity (Wildman–Crippen MR) is 400 cm³/mol. The van der Waals surface area contributed by atoms with E-state index in [1.165, 1.54) is 199 Å². The summed E-state index contributed by atoms with van der Waals surface area (Å²) in [6, 6.07) is 0. The van der Waals surface area contributed by atoms with Gasteiger partial charge in [-0.3, -0.25) is 37.3 Å². The van der Waals surface area contributed by atoms with Crippen molar-refractivity contribution in [2.45, 2.75) is 420 Å². The number of phosphoric acid groups is 2. The van der Waals surface area contributed by atoms with E-state index in [4.69, 9.17) is 37.0 Å². The first kappa shape index (κ1) is 96.1. The van der Waals surface area contributed by atoms with Crippen LogP contribution in [0.5, 0.6) is 0 Å². The number of carbonyl (C=O) groups is 4. The molecular formula is C79H154O17P2. The Morgan fingerprint density at radius 1 is 0.286 bits per heavy atom. The molecule has 0 amide bonds. The van der Waals surface area contributed by atoms with E-state index in [1.807, 2.05) is 0 Å². The molecule has 98 heavy (non-hydrogen) atoms. The number of unbranched alkanes of at least 4 members (excludes halogenated alkanes) is 41. The topological polar surface area (TPSA) is 237 Å². The molecule has 17 nitrogen and oxygen atoms in total. The SMILES string of the molecule is CCC(C)CCCCCCCCCCC(=O)O[C@H](COC(=O)CCCCCCCCC(C)C)COP(=O)(O)OC[C@H](O)COP(=O)(O)OC[C@@H](COC(=O)CCCCCCCCCCCCCCCCCC(C)C)OC(=O)CCCCCCCCCCCCCCCCCCC(C)C. The zero-order chi connectivity index (χ0) is 72.4. The minimum Gasteiger partial charge on any atom is -0.462 e. The number of aliphatic hydroxyl groups excluding tert-OH is 1. The fraction of sp³-hybridized carbons (Fsp3) is 0.949. The monoisotopic (exact) mass is 1440 g/mol. The van der Waals surface area contributed by atoms with Crippen molar-refractivity contribution < 1.29 is 80.2 Å². The lowest BCUT2D eigenvalue weighted by molar-refractivity contribution is -0.161. The third-order valence-corrected chi connectivity index (χ3v) is 20.6. The van der Waals surface area contributed by atoms with Gasteiger partial charge in [0.15, 0.2) is 12.2 Å². The van der Waals surface area contributed by atoms with Crippen molar-refractivity contribution in [3.05, 3.63) is 0 Å². The molecule has 19 heteroatoms. The predicted octanol–water partition coefficient (Wildman–Crippen LogP) is 23.2. The molecule has 0 aromatic rings. The lowest BCUT2D eigenvalue weighted by atomic mass is 9.99. The first-order chi connectivity index (χ1) is 47.1. The van der Waals surface area contributed by atoms with Crippen LogP contribution < -0.4 is 0 Å². The van der Waals surface area contributed by atoms with Crippen molar-refractivity contribution in [2.24, 2.45) is 23.7 Å². The van der Waals surface area contributed by atoms with Crippen LogP contribution in [-0.2, 0) is 65.4 Å². The minimum atomic E-state index is -4.96. The van der Waals surface area contributed by atoms with Crippen molar-refractivity contribution in [1.82, 2.24) is 0 Å². The third-order valence-electron chi connectivity index (χ3n) is 18.7. The molecule has 3 unspecified atom stereocenters. The number of aliphatic hydroxyl groups is 1. The largest absolute Gasteiger partial charge is 0.472 e. The van der Waals surface area contributed by atoms with Gasteiger partial charge in [0.25, 0.3) is 0 Å². The van der Waals surface area contributed by atoms with Gasteiger partial charge in [-0.15, -0.1) is 0 Å². The molecule has 0 aliphatic heterocycles. The molecule has 0 fully saturated rings. The van der Waals surface area contributed by atoms with E-state index in [2.05, 4.69) is 55.4 Å². The third kappa shape index (κ3) is 71.1. The molecule has 0 aromatic carbocycles. The maximum absolute atomic E-state index is 13.1. The Labute approximate surface area is 600 Å². The molecule has 0 bridgehead atoms. The number of phosphoric ester groups is 2. The number of esters is 4. The van der Waals surface area contributed by atoms with Crippen molar-refractivity contribution in [3.8, 4) is 0 Å². The normalized spacial score (nSPS) is 14.3. The first-order valence-corrected chi connectivity index (χ1v) is 43.7. The standard InChI is InChI=1S/C79H154O17P2/c1-9-72(8)58-50-42-33-29-30-36-46-54-62-79(84)96-75(66-90-77(82)60-52-44-38-37-41-49-57-71(6)7)68-94-98(87,88)92-64-73(80)63-91-97(85,86)93-67-74(65-89-76(81)59-51-43-34-27-23-19-16-12-14-18-22-26-32-40-48-56-70(4)5)95-78(83)61-53-45-35-28-24-20-15-11-10-13-17-21-25-31-39-47-55-69(2)3/h69-75,80H,9-68H2,1-8H3,(H,85,86)(H,87,88)/t72?,73-,74-,75-/m1/s1. The number of hydrogen-bond donors (Lipinski definition) is 3. The second-order valence-corrected chi connectivity index (χ2v) is 33.0. The summed E-state index contributed by atoms with van der Waals surface area (Å²) < 4.78 is 68.6. The fourth-order valence-corrected chi connectivity index (χ4v) is 13.6. The van der Waals surface area contributed by atoms with Crippen LogP contribution in [0.25, 0.3) is 0 Å². The van der Waals surface area contributed by atoms with Crippen molar-refractivity contribution in [2.75, 3.05) is 39.6 Å². The summed E-state index contributed by atoms with van der Waals surface area (Å²) in [6.45, 7) is 14.2. The van der Waals surface area contributed by atoms with Crippen LogP contribution >= 0.6 is 15.6 Å². The van der Waals surface area contributed by atoms with Crippen molar-refractivity contribution in [3.63, 3.8) is 0 Å². The van der Waals surface area contributed by atoms with E-state index in [9.17, 15) is 43.2 Å². The van der Waals surface area contributed by atoms with Crippen LogP contribution in [-0.4, -0.2) is 96.7 Å². The van der Waals surface area contributed by atoms with E-state index < -0.39 is 97.5 Å². The quantitative estimate of drug-likeness (QED) is 0.0222. The van der Waals surface area contributed by atoms with E-state index in [0.717, 1.165) is 114 Å². The molecule has 0 saturated carbocycles. The van der Waals surface area contributed by atoms with Crippen LogP contribution in [0.4, 0.5) is 0 Å². The van der Waals surface area contributed by atoms with Crippen molar-refractivity contribution in [1.29, 1.82) is 0 Å². The Morgan fingerprint density at radius 3 is 0.724 bits per heavy atom. The molecule has 6 atom stereocenters. The van der Waals surface area contributed by atoms with Gasteiger partial charge in [-0.25, -0.2) is 9.13 Å². The highest BCUT2D eigenvalue weighted by molar-refractivity contribution is 7.47. The molecule has 582 valence electrons. The molecule has 0 aliphatic carbocycles. The summed E-state index contributed by atoms with van der Waals surface area (Å²) in [7, 11) is -9.92. The van der Waals surface area contributed by atoms with Gasteiger partial charge in [0.05, 0.1) is 26.4 Å². The van der Waals surface area contributed by atoms with Gasteiger partial charge in [-0.05, 0) is 49.4 Å². The Balaban J connectivity index is 5.22. The molecule has 3 N–H and O–H groups in total. The molecule has 0 heterocycles. The van der Waals surface area contributed by atoms with Gasteiger partial charge in [0.1, 0.15) is 19.3 Å². The molecular weight excluding hydrogens is 1280 g/mol. The first-order valence-electron chi connectivity index (χ1n) is 40.7. The van der Waals surface area contributed by atoms with Gasteiger partial charge in [-0.1, -0.05) is 351 Å². The average Bonchev–Trinajstić information content (AvgIpc) is 1.35. The van der Waals surface area contributed by atoms with E-state index in [1.54, 1.807) is 0 Å². The summed E-state index contributed by atoms with van der Waals surface area (Å²) >= 11 is 0. The van der Waals surface area contributed by atoms with Gasteiger partial charge in [0, 0.05) is 25.7 Å². The second-order valence-electron chi connectivity index (χ2n) is 30.1. The van der Waals surface area contributed by atoms with Gasteiger partial charge in [0.2, 0.25) is 0 Å². The molecule has 0 saturated heterocycles. The van der Waals surface area contributed by atoms with Gasteiger partial charge in [-0.2, -0.15) is 0 Å². The number of carbonyl (C=O) groups excluding carboxylic acids is 4. The second kappa shape index (κ2) is 68.2. The Morgan fingerprint density at radius 2 is 0.490 bits per heavy atom. The van der Waals surface area contributed by atoms with Crippen LogP contribution in [0.1, 0.15) is 402 Å². The fourth-order valence-electron chi connectivity index (χ4n) is 12.0. The van der Waals surface area contributed by atoms with Crippen molar-refractivity contribution >= 4 is 39.5 Å².